The molecule has 1 aromatic heterocycles. The van der Waals surface area contributed by atoms with Gasteiger partial charge in [0.25, 0.3) is 0 Å². The fourth-order valence-electron chi connectivity index (χ4n) is 1.08. The predicted molar refractivity (Wildman–Crippen MR) is 57.1 cm³/mol. The van der Waals surface area contributed by atoms with Crippen LogP contribution < -0.4 is 10.5 Å². The van der Waals surface area contributed by atoms with Gasteiger partial charge in [-0.2, -0.15) is 0 Å². The number of hydrogen-bond donors (Lipinski definition) is 2. The van der Waals surface area contributed by atoms with E-state index < -0.39 is 5.54 Å². The van der Waals surface area contributed by atoms with Crippen LogP contribution >= 0.6 is 15.9 Å². The minimum Gasteiger partial charge on any atom is -0.481 e. The molecule has 3 N–H and O–H groups in total. The molecule has 0 aromatic carbocycles. The molecule has 0 bridgehead atoms. The topological polar surface area (TPSA) is 68.4 Å². The highest BCUT2D eigenvalue weighted by molar-refractivity contribution is 9.10. The Morgan fingerprint density at radius 3 is 2.86 bits per heavy atom. The van der Waals surface area contributed by atoms with Crippen molar-refractivity contribution >= 4 is 15.9 Å². The summed E-state index contributed by atoms with van der Waals surface area (Å²) in [6.07, 6.45) is 1.62. The van der Waals surface area contributed by atoms with Gasteiger partial charge in [-0.3, -0.25) is 0 Å². The lowest BCUT2D eigenvalue weighted by molar-refractivity contribution is 0.205. The Hall–Kier alpha value is -0.650. The normalized spacial score (nSPS) is 14.9. The van der Waals surface area contributed by atoms with Crippen molar-refractivity contribution in [1.29, 1.82) is 0 Å². The fourth-order valence-corrected chi connectivity index (χ4v) is 1.42. The van der Waals surface area contributed by atoms with Crippen LogP contribution in [0.15, 0.2) is 16.7 Å². The zero-order valence-electron chi connectivity index (χ0n) is 8.12. The average Bonchev–Trinajstić information content (AvgIpc) is 2.18. The molecule has 4 nitrogen and oxygen atoms in total. The van der Waals surface area contributed by atoms with Crippen LogP contribution in [0.3, 0.4) is 0 Å². The Morgan fingerprint density at radius 1 is 1.71 bits per heavy atom. The van der Waals surface area contributed by atoms with E-state index in [4.69, 9.17) is 15.6 Å². The molecule has 0 radical (unpaired) electrons. The molecule has 0 spiro atoms. The smallest absolute Gasteiger partial charge is 0.218 e. The highest BCUT2D eigenvalue weighted by Gasteiger charge is 2.25. The van der Waals surface area contributed by atoms with Gasteiger partial charge in [0, 0.05) is 16.2 Å². The Kier molecular flexibility index (Phi) is 3.47. The number of nitrogens with zero attached hydrogens (tertiary/aromatic N) is 1. The molecule has 14 heavy (non-hydrogen) atoms. The van der Waals surface area contributed by atoms with E-state index in [1.807, 2.05) is 0 Å². The second kappa shape index (κ2) is 4.25. The van der Waals surface area contributed by atoms with Crippen LogP contribution in [0.2, 0.25) is 0 Å². The lowest BCUT2D eigenvalue weighted by Crippen LogP contribution is -2.37. The maximum absolute atomic E-state index is 9.13. The van der Waals surface area contributed by atoms with Crippen LogP contribution in [0.1, 0.15) is 12.5 Å². The largest absolute Gasteiger partial charge is 0.481 e. The molecule has 0 saturated heterocycles. The first-order valence-electron chi connectivity index (χ1n) is 4.11. The standard InChI is InChI=1S/C9H13BrN2O2/c1-9(11,5-13)7-3-6(10)4-12-8(7)14-2/h3-4,13H,5,11H2,1-2H3. The molecular weight excluding hydrogens is 248 g/mol. The summed E-state index contributed by atoms with van der Waals surface area (Å²) in [4.78, 5) is 4.05. The van der Waals surface area contributed by atoms with Gasteiger partial charge in [0.2, 0.25) is 5.88 Å². The van der Waals surface area contributed by atoms with Crippen molar-refractivity contribution in [2.24, 2.45) is 5.73 Å². The minimum absolute atomic E-state index is 0.165. The average molecular weight is 261 g/mol. The van der Waals surface area contributed by atoms with E-state index in [0.717, 1.165) is 4.47 Å². The summed E-state index contributed by atoms with van der Waals surface area (Å²) >= 11 is 3.29. The molecule has 1 atom stereocenters. The molecule has 0 amide bonds. The van der Waals surface area contributed by atoms with Crippen molar-refractivity contribution < 1.29 is 9.84 Å². The molecule has 1 unspecified atom stereocenters. The van der Waals surface area contributed by atoms with E-state index in [9.17, 15) is 0 Å². The third-order valence-corrected chi connectivity index (χ3v) is 2.39. The number of nitrogens with two attached hydrogens (primary N) is 1. The van der Waals surface area contributed by atoms with E-state index in [2.05, 4.69) is 20.9 Å². The summed E-state index contributed by atoms with van der Waals surface area (Å²) in [6.45, 7) is 1.56. The van der Waals surface area contributed by atoms with Gasteiger partial charge in [0.15, 0.2) is 0 Å². The number of halogens is 1. The van der Waals surface area contributed by atoms with E-state index in [1.54, 1.807) is 19.2 Å². The van der Waals surface area contributed by atoms with Gasteiger partial charge in [-0.15, -0.1) is 0 Å². The second-order valence-corrected chi connectivity index (χ2v) is 4.20. The van der Waals surface area contributed by atoms with Crippen LogP contribution in [-0.4, -0.2) is 23.8 Å². The van der Waals surface area contributed by atoms with Crippen molar-refractivity contribution in [1.82, 2.24) is 4.98 Å². The predicted octanol–water partition coefficient (Wildman–Crippen LogP) is 1.02. The quantitative estimate of drug-likeness (QED) is 0.852. The summed E-state index contributed by atoms with van der Waals surface area (Å²) in [5.74, 6) is 0.437. The zero-order valence-corrected chi connectivity index (χ0v) is 9.71. The van der Waals surface area contributed by atoms with Crippen LogP contribution in [0.25, 0.3) is 0 Å². The van der Waals surface area contributed by atoms with Gasteiger partial charge >= 0.3 is 0 Å². The number of aliphatic hydroxyl groups is 1. The van der Waals surface area contributed by atoms with Crippen LogP contribution in [0.4, 0.5) is 0 Å². The Labute approximate surface area is 91.2 Å². The van der Waals surface area contributed by atoms with E-state index >= 15 is 0 Å². The van der Waals surface area contributed by atoms with Gasteiger partial charge in [0.05, 0.1) is 19.3 Å². The summed E-state index contributed by atoms with van der Waals surface area (Å²) in [5, 5.41) is 9.13. The third-order valence-electron chi connectivity index (χ3n) is 1.95. The summed E-state index contributed by atoms with van der Waals surface area (Å²) < 4.78 is 5.87. The maximum atomic E-state index is 9.13. The van der Waals surface area contributed by atoms with Crippen molar-refractivity contribution in [3.63, 3.8) is 0 Å². The molecule has 78 valence electrons. The molecule has 1 rings (SSSR count). The van der Waals surface area contributed by atoms with E-state index in [1.165, 1.54) is 7.11 Å². The molecule has 0 aliphatic rings. The Morgan fingerprint density at radius 2 is 2.36 bits per heavy atom. The van der Waals surface area contributed by atoms with Crippen LogP contribution in [-0.2, 0) is 5.54 Å². The minimum atomic E-state index is -0.845. The lowest BCUT2D eigenvalue weighted by Gasteiger charge is -2.23. The number of ether oxygens (including phenoxy) is 1. The molecule has 0 fully saturated rings. The molecule has 0 saturated carbocycles. The van der Waals surface area contributed by atoms with Gasteiger partial charge in [-0.05, 0) is 28.9 Å². The number of aliphatic hydroxyl groups excluding tert-OH is 1. The highest BCUT2D eigenvalue weighted by Crippen LogP contribution is 2.28. The van der Waals surface area contributed by atoms with Crippen molar-refractivity contribution in [2.45, 2.75) is 12.5 Å². The van der Waals surface area contributed by atoms with Crippen molar-refractivity contribution in [2.75, 3.05) is 13.7 Å². The molecular formula is C9H13BrN2O2. The number of rotatable bonds is 3. The van der Waals surface area contributed by atoms with Crippen molar-refractivity contribution in [3.05, 3.63) is 22.3 Å². The first kappa shape index (κ1) is 11.4. The third kappa shape index (κ3) is 2.23. The number of hydrogen-bond acceptors (Lipinski definition) is 4. The Balaban J connectivity index is 3.23. The van der Waals surface area contributed by atoms with E-state index in [-0.39, 0.29) is 6.61 Å². The van der Waals surface area contributed by atoms with Crippen LogP contribution in [0, 0.1) is 0 Å². The van der Waals surface area contributed by atoms with Gasteiger partial charge in [-0.25, -0.2) is 4.98 Å². The SMILES string of the molecule is COc1ncc(Br)cc1C(C)(N)CO. The summed E-state index contributed by atoms with van der Waals surface area (Å²) in [7, 11) is 1.52. The Bertz CT molecular complexity index is 329. The molecule has 5 heteroatoms. The molecule has 1 aromatic rings. The highest BCUT2D eigenvalue weighted by atomic mass is 79.9. The zero-order chi connectivity index (χ0) is 10.8. The summed E-state index contributed by atoms with van der Waals surface area (Å²) in [5.41, 5.74) is 5.72. The lowest BCUT2D eigenvalue weighted by atomic mass is 9.95. The molecule has 0 aliphatic heterocycles. The first-order chi connectivity index (χ1) is 6.51. The number of aromatic nitrogens is 1. The summed E-state index contributed by atoms with van der Waals surface area (Å²) in [6, 6.07) is 1.79. The van der Waals surface area contributed by atoms with Gasteiger partial charge in [0.1, 0.15) is 0 Å². The number of methoxy groups -OCH3 is 1. The maximum Gasteiger partial charge on any atom is 0.218 e. The van der Waals surface area contributed by atoms with Crippen LogP contribution in [0.5, 0.6) is 5.88 Å². The van der Waals surface area contributed by atoms with E-state index in [0.29, 0.717) is 11.4 Å². The first-order valence-corrected chi connectivity index (χ1v) is 4.90. The monoisotopic (exact) mass is 260 g/mol. The molecule has 0 aliphatic carbocycles. The van der Waals surface area contributed by atoms with Gasteiger partial charge in [-0.1, -0.05) is 0 Å². The number of pyridine rings is 1. The fraction of sp³-hybridized carbons (Fsp3) is 0.444. The van der Waals surface area contributed by atoms with Crippen molar-refractivity contribution in [3.8, 4) is 5.88 Å². The second-order valence-electron chi connectivity index (χ2n) is 3.29. The van der Waals surface area contributed by atoms with Gasteiger partial charge < -0.3 is 15.6 Å². The molecule has 1 heterocycles.